The van der Waals surface area contributed by atoms with Crippen LogP contribution >= 0.6 is 27.3 Å². The van der Waals surface area contributed by atoms with E-state index in [-0.39, 0.29) is 5.96 Å². The number of thiazole rings is 1. The molecule has 0 bridgehead atoms. The molecule has 0 atom stereocenters. The lowest BCUT2D eigenvalue weighted by atomic mass is 10.1. The number of aliphatic imine (C=N–C) groups is 1. The summed E-state index contributed by atoms with van der Waals surface area (Å²) in [7, 11) is 0. The Bertz CT molecular complexity index is 1160. The van der Waals surface area contributed by atoms with Crippen molar-refractivity contribution in [1.82, 2.24) is 25.8 Å². The van der Waals surface area contributed by atoms with Crippen LogP contribution in [0.1, 0.15) is 24.0 Å². The van der Waals surface area contributed by atoms with Gasteiger partial charge in [0, 0.05) is 60.4 Å². The van der Waals surface area contributed by atoms with Gasteiger partial charge >= 0.3 is 0 Å². The molecule has 3 aromatic rings. The number of rotatable bonds is 7. The summed E-state index contributed by atoms with van der Waals surface area (Å²) in [4.78, 5) is 11.1. The zero-order valence-corrected chi connectivity index (χ0v) is 24.8. The number of hydrogen-bond acceptors (Lipinski definition) is 8. The van der Waals surface area contributed by atoms with Crippen molar-refractivity contribution >= 4 is 44.0 Å². The van der Waals surface area contributed by atoms with E-state index in [1.165, 1.54) is 22.5 Å². The number of nitrogens with zero attached hydrogens (tertiary/aromatic N) is 3. The van der Waals surface area contributed by atoms with Gasteiger partial charge in [-0.05, 0) is 74.4 Å². The predicted octanol–water partition coefficient (Wildman–Crippen LogP) is 3.45. The highest BCUT2D eigenvalue weighted by Gasteiger charge is 2.09. The van der Waals surface area contributed by atoms with Gasteiger partial charge in [-0.15, -0.1) is 11.3 Å². The number of anilines is 1. The first-order chi connectivity index (χ1) is 19.0. The summed E-state index contributed by atoms with van der Waals surface area (Å²) in [5, 5.41) is 16.7. The minimum atomic E-state index is 0.0163. The third-order valence-electron chi connectivity index (χ3n) is 6.44. The van der Waals surface area contributed by atoms with E-state index >= 15 is 0 Å². The van der Waals surface area contributed by atoms with Crippen molar-refractivity contribution in [2.75, 3.05) is 57.7 Å². The van der Waals surface area contributed by atoms with Gasteiger partial charge in [-0.2, -0.15) is 4.99 Å². The Balaban J connectivity index is 1.33. The van der Waals surface area contributed by atoms with Crippen molar-refractivity contribution in [3.05, 3.63) is 63.4 Å². The fourth-order valence-electron chi connectivity index (χ4n) is 4.52. The summed E-state index contributed by atoms with van der Waals surface area (Å²) in [5.74, 6) is 0.0163. The molecule has 1 aliphatic rings. The number of nitrogens with two attached hydrogens (primary N) is 2. The fourth-order valence-corrected chi connectivity index (χ4v) is 5.82. The lowest BCUT2D eigenvalue weighted by Gasteiger charge is -2.24. The molecule has 210 valence electrons. The molecule has 2 heterocycles. The Kier molecular flexibility index (Phi) is 12.0. The van der Waals surface area contributed by atoms with Gasteiger partial charge in [0.25, 0.3) is 0 Å². The first kappa shape index (κ1) is 29.4. The number of nitrogens with one attached hydrogen (secondary N) is 4. The first-order valence-electron chi connectivity index (χ1n) is 13.6. The maximum atomic E-state index is 5.45. The average Bonchev–Trinajstić information content (AvgIpc) is 3.37. The number of guanidine groups is 1. The standard InChI is InChI=1S/C28H40BrN9S/c29-24-16-21(18-35-25-5-3-23(4-6-25)26-20-39-28(36-26)37-27(30)31)15-22(17-24)19-38-13-2-9-33-11-10-32-7-1-8-34-12-14-38/h3-6,15-17,20,32-35H,1-2,7-14,18-19H2,(H4,30,31,36,37). The van der Waals surface area contributed by atoms with E-state index in [0.29, 0.717) is 5.13 Å². The van der Waals surface area contributed by atoms with E-state index in [1.807, 2.05) is 5.38 Å². The van der Waals surface area contributed by atoms with Crippen molar-refractivity contribution in [2.24, 2.45) is 16.5 Å². The molecule has 39 heavy (non-hydrogen) atoms. The predicted molar refractivity (Wildman–Crippen MR) is 168 cm³/mol. The van der Waals surface area contributed by atoms with E-state index in [4.69, 9.17) is 11.5 Å². The number of halogens is 1. The minimum absolute atomic E-state index is 0.0163. The van der Waals surface area contributed by atoms with E-state index in [9.17, 15) is 0 Å². The summed E-state index contributed by atoms with van der Waals surface area (Å²) in [5.41, 5.74) is 16.4. The van der Waals surface area contributed by atoms with Gasteiger partial charge in [0.05, 0.1) is 5.69 Å². The Hall–Kier alpha value is -2.54. The molecule has 2 aromatic carbocycles. The molecule has 4 rings (SSSR count). The van der Waals surface area contributed by atoms with E-state index in [0.717, 1.165) is 99.7 Å². The minimum Gasteiger partial charge on any atom is -0.381 e. The highest BCUT2D eigenvalue weighted by Crippen LogP contribution is 2.27. The maximum absolute atomic E-state index is 5.45. The second-order valence-electron chi connectivity index (χ2n) is 9.68. The van der Waals surface area contributed by atoms with Gasteiger partial charge in [-0.1, -0.05) is 34.1 Å². The molecular weight excluding hydrogens is 574 g/mol. The van der Waals surface area contributed by atoms with Crippen molar-refractivity contribution in [3.8, 4) is 11.3 Å². The van der Waals surface area contributed by atoms with E-state index in [2.05, 4.69) is 94.5 Å². The highest BCUT2D eigenvalue weighted by atomic mass is 79.9. The average molecular weight is 615 g/mol. The molecule has 1 fully saturated rings. The van der Waals surface area contributed by atoms with Crippen LogP contribution in [0.25, 0.3) is 11.3 Å². The molecule has 1 aliphatic heterocycles. The number of benzene rings is 2. The van der Waals surface area contributed by atoms with Crippen LogP contribution < -0.4 is 32.7 Å². The Morgan fingerprint density at radius 2 is 1.64 bits per heavy atom. The molecular formula is C28H40BrN9S. The third kappa shape index (κ3) is 10.5. The summed E-state index contributed by atoms with van der Waals surface area (Å²) in [6.45, 7) is 10.1. The van der Waals surface area contributed by atoms with Crippen molar-refractivity contribution in [1.29, 1.82) is 0 Å². The van der Waals surface area contributed by atoms with Crippen LogP contribution in [0.3, 0.4) is 0 Å². The zero-order valence-electron chi connectivity index (χ0n) is 22.4. The molecule has 1 saturated heterocycles. The Morgan fingerprint density at radius 1 is 0.923 bits per heavy atom. The van der Waals surface area contributed by atoms with Crippen LogP contribution in [-0.2, 0) is 13.1 Å². The summed E-state index contributed by atoms with van der Waals surface area (Å²) < 4.78 is 1.11. The van der Waals surface area contributed by atoms with Crippen LogP contribution in [-0.4, -0.2) is 68.2 Å². The quantitative estimate of drug-likeness (QED) is 0.177. The topological polar surface area (TPSA) is 129 Å². The maximum Gasteiger partial charge on any atom is 0.212 e. The largest absolute Gasteiger partial charge is 0.381 e. The van der Waals surface area contributed by atoms with Crippen LogP contribution in [0.15, 0.2) is 57.3 Å². The van der Waals surface area contributed by atoms with Crippen molar-refractivity contribution in [2.45, 2.75) is 25.9 Å². The van der Waals surface area contributed by atoms with Gasteiger partial charge < -0.3 is 32.7 Å². The fraction of sp³-hybridized carbons (Fsp3) is 0.429. The lowest BCUT2D eigenvalue weighted by Crippen LogP contribution is -2.36. The SMILES string of the molecule is NC(N)=Nc1nc(-c2ccc(NCc3cc(Br)cc(CN4CCCNCCNCCCNCC4)c3)cc2)cs1. The van der Waals surface area contributed by atoms with Gasteiger partial charge in [0.15, 0.2) is 5.96 Å². The van der Waals surface area contributed by atoms with Gasteiger partial charge in [-0.3, -0.25) is 4.90 Å². The van der Waals surface area contributed by atoms with Crippen LogP contribution in [0.5, 0.6) is 0 Å². The molecule has 0 amide bonds. The zero-order chi connectivity index (χ0) is 27.3. The monoisotopic (exact) mass is 613 g/mol. The molecule has 0 saturated carbocycles. The summed E-state index contributed by atoms with van der Waals surface area (Å²) in [6, 6.07) is 15.0. The van der Waals surface area contributed by atoms with Gasteiger partial charge in [0.1, 0.15) is 0 Å². The van der Waals surface area contributed by atoms with E-state index in [1.54, 1.807) is 0 Å². The molecule has 8 N–H and O–H groups in total. The molecule has 1 aromatic heterocycles. The Morgan fingerprint density at radius 3 is 2.41 bits per heavy atom. The van der Waals surface area contributed by atoms with E-state index < -0.39 is 0 Å². The summed E-state index contributed by atoms with van der Waals surface area (Å²) in [6.07, 6.45) is 2.31. The summed E-state index contributed by atoms with van der Waals surface area (Å²) >= 11 is 5.15. The third-order valence-corrected chi connectivity index (χ3v) is 7.63. The molecule has 0 radical (unpaired) electrons. The van der Waals surface area contributed by atoms with Crippen LogP contribution in [0.4, 0.5) is 10.8 Å². The van der Waals surface area contributed by atoms with Crippen molar-refractivity contribution in [3.63, 3.8) is 0 Å². The van der Waals surface area contributed by atoms with Crippen LogP contribution in [0.2, 0.25) is 0 Å². The Labute approximate surface area is 244 Å². The van der Waals surface area contributed by atoms with Crippen LogP contribution in [0, 0.1) is 0 Å². The molecule has 9 nitrogen and oxygen atoms in total. The van der Waals surface area contributed by atoms with Gasteiger partial charge in [0.2, 0.25) is 5.13 Å². The second-order valence-corrected chi connectivity index (χ2v) is 11.4. The smallest absolute Gasteiger partial charge is 0.212 e. The normalized spacial score (nSPS) is 16.3. The first-order valence-corrected chi connectivity index (χ1v) is 15.2. The number of aromatic nitrogens is 1. The lowest BCUT2D eigenvalue weighted by molar-refractivity contribution is 0.260. The van der Waals surface area contributed by atoms with Gasteiger partial charge in [-0.25, -0.2) is 4.98 Å². The molecule has 11 heteroatoms. The second kappa shape index (κ2) is 15.9. The van der Waals surface area contributed by atoms with Crippen molar-refractivity contribution < 1.29 is 0 Å². The molecule has 0 aliphatic carbocycles. The molecule has 0 spiro atoms. The number of hydrogen-bond donors (Lipinski definition) is 6. The molecule has 0 unspecified atom stereocenters. The highest BCUT2D eigenvalue weighted by molar-refractivity contribution is 9.10.